The van der Waals surface area contributed by atoms with Crippen LogP contribution in [-0.4, -0.2) is 59.9 Å². The number of hydrogen-bond acceptors (Lipinski definition) is 4. The molecule has 1 N–H and O–H groups in total. The summed E-state index contributed by atoms with van der Waals surface area (Å²) in [5.41, 5.74) is 1.06. The molecule has 0 aromatic heterocycles. The lowest BCUT2D eigenvalue weighted by Gasteiger charge is -2.39. The fourth-order valence-electron chi connectivity index (χ4n) is 3.11. The average molecular weight is 287 g/mol. The fraction of sp³-hybridized carbons (Fsp3) is 0.500. The van der Waals surface area contributed by atoms with Gasteiger partial charge in [-0.25, -0.2) is 0 Å². The van der Waals surface area contributed by atoms with Crippen LogP contribution in [0.3, 0.4) is 0 Å². The molecule has 1 saturated heterocycles. The molecule has 5 nitrogen and oxygen atoms in total. The second-order valence-corrected chi connectivity index (χ2v) is 5.83. The van der Waals surface area contributed by atoms with Crippen LogP contribution in [0.15, 0.2) is 24.3 Å². The maximum absolute atomic E-state index is 12.3. The standard InChI is InChI=1S/C16H21N3O2/c1-11-12(2)18(8-7-17-11)9-10-19-15(20)13-5-3-4-6-14(13)16(19)21/h3-6,11-12,17H,7-10H2,1-2H3. The Labute approximate surface area is 124 Å². The van der Waals surface area contributed by atoms with Crippen molar-refractivity contribution in [2.24, 2.45) is 0 Å². The molecule has 21 heavy (non-hydrogen) atoms. The van der Waals surface area contributed by atoms with E-state index in [0.717, 1.165) is 19.6 Å². The second kappa shape index (κ2) is 5.58. The van der Waals surface area contributed by atoms with Gasteiger partial charge in [-0.1, -0.05) is 12.1 Å². The van der Waals surface area contributed by atoms with Crippen molar-refractivity contribution in [2.45, 2.75) is 25.9 Å². The maximum atomic E-state index is 12.3. The highest BCUT2D eigenvalue weighted by Crippen LogP contribution is 2.22. The van der Waals surface area contributed by atoms with E-state index in [0.29, 0.717) is 29.8 Å². The molecule has 2 aliphatic rings. The quantitative estimate of drug-likeness (QED) is 0.842. The number of nitrogens with one attached hydrogen (secondary N) is 1. The van der Waals surface area contributed by atoms with Crippen LogP contribution in [0.4, 0.5) is 0 Å². The molecule has 2 unspecified atom stereocenters. The maximum Gasteiger partial charge on any atom is 0.261 e. The van der Waals surface area contributed by atoms with Crippen molar-refractivity contribution in [1.82, 2.24) is 15.1 Å². The molecule has 2 heterocycles. The first-order valence-corrected chi connectivity index (χ1v) is 7.52. The van der Waals surface area contributed by atoms with Crippen LogP contribution in [0, 0.1) is 0 Å². The molecule has 0 spiro atoms. The molecule has 1 fully saturated rings. The Bertz CT molecular complexity index is 537. The number of carbonyl (C=O) groups excluding carboxylic acids is 2. The molecule has 0 saturated carbocycles. The number of carbonyl (C=O) groups is 2. The summed E-state index contributed by atoms with van der Waals surface area (Å²) in [5, 5.41) is 3.43. The minimum Gasteiger partial charge on any atom is -0.311 e. The van der Waals surface area contributed by atoms with E-state index in [-0.39, 0.29) is 11.8 Å². The Kier molecular flexibility index (Phi) is 3.78. The van der Waals surface area contributed by atoms with E-state index in [1.54, 1.807) is 24.3 Å². The largest absolute Gasteiger partial charge is 0.311 e. The van der Waals surface area contributed by atoms with Gasteiger partial charge in [0, 0.05) is 38.3 Å². The summed E-state index contributed by atoms with van der Waals surface area (Å²) in [5.74, 6) is -0.321. The highest BCUT2D eigenvalue weighted by Gasteiger charge is 2.35. The zero-order valence-electron chi connectivity index (χ0n) is 12.5. The summed E-state index contributed by atoms with van der Waals surface area (Å²) in [7, 11) is 0. The summed E-state index contributed by atoms with van der Waals surface area (Å²) in [6.45, 7) is 7.45. The molecule has 2 amide bonds. The Balaban J connectivity index is 1.67. The van der Waals surface area contributed by atoms with Crippen molar-refractivity contribution in [3.63, 3.8) is 0 Å². The van der Waals surface area contributed by atoms with Crippen molar-refractivity contribution in [2.75, 3.05) is 26.2 Å². The molecule has 0 aliphatic carbocycles. The van der Waals surface area contributed by atoms with Gasteiger partial charge >= 0.3 is 0 Å². The molecule has 2 aliphatic heterocycles. The van der Waals surface area contributed by atoms with Gasteiger partial charge in [-0.05, 0) is 26.0 Å². The Hall–Kier alpha value is -1.72. The summed E-state index contributed by atoms with van der Waals surface area (Å²) >= 11 is 0. The third kappa shape index (κ3) is 2.47. The van der Waals surface area contributed by atoms with Crippen molar-refractivity contribution < 1.29 is 9.59 Å². The van der Waals surface area contributed by atoms with Crippen LogP contribution in [0.25, 0.3) is 0 Å². The number of amides is 2. The lowest BCUT2D eigenvalue weighted by atomic mass is 10.1. The van der Waals surface area contributed by atoms with Gasteiger partial charge in [0.1, 0.15) is 0 Å². The van der Waals surface area contributed by atoms with Gasteiger partial charge in [-0.3, -0.25) is 19.4 Å². The first-order valence-electron chi connectivity index (χ1n) is 7.52. The first-order chi connectivity index (χ1) is 10.1. The SMILES string of the molecule is CC1NCCN(CCN2C(=O)c3ccccc3C2=O)C1C. The van der Waals surface area contributed by atoms with E-state index >= 15 is 0 Å². The van der Waals surface area contributed by atoms with Crippen molar-refractivity contribution in [1.29, 1.82) is 0 Å². The molecular formula is C16H21N3O2. The molecule has 2 atom stereocenters. The van der Waals surface area contributed by atoms with E-state index in [9.17, 15) is 9.59 Å². The molecule has 1 aromatic rings. The van der Waals surface area contributed by atoms with Crippen LogP contribution < -0.4 is 5.32 Å². The van der Waals surface area contributed by atoms with Crippen LogP contribution in [-0.2, 0) is 0 Å². The Morgan fingerprint density at radius 1 is 1.10 bits per heavy atom. The van der Waals surface area contributed by atoms with E-state index in [1.807, 2.05) is 0 Å². The zero-order chi connectivity index (χ0) is 15.0. The van der Waals surface area contributed by atoms with Crippen LogP contribution in [0.5, 0.6) is 0 Å². The highest BCUT2D eigenvalue weighted by atomic mass is 16.2. The van der Waals surface area contributed by atoms with Gasteiger partial charge in [0.2, 0.25) is 0 Å². The van der Waals surface area contributed by atoms with E-state index in [2.05, 4.69) is 24.1 Å². The summed E-state index contributed by atoms with van der Waals surface area (Å²) < 4.78 is 0. The lowest BCUT2D eigenvalue weighted by Crippen LogP contribution is -2.56. The van der Waals surface area contributed by atoms with E-state index < -0.39 is 0 Å². The van der Waals surface area contributed by atoms with Gasteiger partial charge in [0.15, 0.2) is 0 Å². The van der Waals surface area contributed by atoms with Crippen molar-refractivity contribution >= 4 is 11.8 Å². The van der Waals surface area contributed by atoms with Gasteiger partial charge in [-0.2, -0.15) is 0 Å². The van der Waals surface area contributed by atoms with Gasteiger partial charge in [0.25, 0.3) is 11.8 Å². The third-order valence-corrected chi connectivity index (χ3v) is 4.65. The lowest BCUT2D eigenvalue weighted by molar-refractivity contribution is 0.0605. The predicted octanol–water partition coefficient (Wildman–Crippen LogP) is 0.965. The molecule has 0 bridgehead atoms. The number of rotatable bonds is 3. The Morgan fingerprint density at radius 3 is 2.33 bits per heavy atom. The summed E-state index contributed by atoms with van der Waals surface area (Å²) in [6, 6.07) is 7.90. The molecule has 5 heteroatoms. The van der Waals surface area contributed by atoms with Crippen LogP contribution >= 0.6 is 0 Å². The number of piperazine rings is 1. The molecule has 1 aromatic carbocycles. The highest BCUT2D eigenvalue weighted by molar-refractivity contribution is 6.21. The number of nitrogens with zero attached hydrogens (tertiary/aromatic N) is 2. The van der Waals surface area contributed by atoms with Gasteiger partial charge in [-0.15, -0.1) is 0 Å². The average Bonchev–Trinajstić information content (AvgIpc) is 2.73. The third-order valence-electron chi connectivity index (χ3n) is 4.65. The molecular weight excluding hydrogens is 266 g/mol. The zero-order valence-corrected chi connectivity index (χ0v) is 12.5. The van der Waals surface area contributed by atoms with Crippen LogP contribution in [0.2, 0.25) is 0 Å². The van der Waals surface area contributed by atoms with Crippen LogP contribution in [0.1, 0.15) is 34.6 Å². The number of benzene rings is 1. The molecule has 3 rings (SSSR count). The minimum atomic E-state index is -0.161. The van der Waals surface area contributed by atoms with Crippen molar-refractivity contribution in [3.8, 4) is 0 Å². The number of imide groups is 1. The topological polar surface area (TPSA) is 52.6 Å². The van der Waals surface area contributed by atoms with E-state index in [1.165, 1.54) is 4.90 Å². The summed E-state index contributed by atoms with van der Waals surface area (Å²) in [4.78, 5) is 28.3. The van der Waals surface area contributed by atoms with Crippen molar-refractivity contribution in [3.05, 3.63) is 35.4 Å². The normalized spacial score (nSPS) is 26.3. The first kappa shape index (κ1) is 14.2. The van der Waals surface area contributed by atoms with Gasteiger partial charge < -0.3 is 5.32 Å². The van der Waals surface area contributed by atoms with Gasteiger partial charge in [0.05, 0.1) is 11.1 Å². The summed E-state index contributed by atoms with van der Waals surface area (Å²) in [6.07, 6.45) is 0. The number of hydrogen-bond donors (Lipinski definition) is 1. The Morgan fingerprint density at radius 2 is 1.71 bits per heavy atom. The second-order valence-electron chi connectivity index (χ2n) is 5.83. The monoisotopic (exact) mass is 287 g/mol. The number of fused-ring (bicyclic) bond motifs is 1. The smallest absolute Gasteiger partial charge is 0.261 e. The molecule has 112 valence electrons. The fourth-order valence-corrected chi connectivity index (χ4v) is 3.11. The van der Waals surface area contributed by atoms with E-state index in [4.69, 9.17) is 0 Å². The minimum absolute atomic E-state index is 0.161. The molecule has 0 radical (unpaired) electrons. The predicted molar refractivity (Wildman–Crippen MR) is 80.3 cm³/mol.